The average molecular weight is 359 g/mol. The molecule has 5 nitrogen and oxygen atoms in total. The molecule has 0 radical (unpaired) electrons. The number of hydrogen-bond donors (Lipinski definition) is 2. The maximum Gasteiger partial charge on any atom is 0.201 e. The zero-order chi connectivity index (χ0) is 17.9. The van der Waals surface area contributed by atoms with Gasteiger partial charge in [0.15, 0.2) is 11.5 Å². The van der Waals surface area contributed by atoms with E-state index < -0.39 is 9.84 Å². The number of ether oxygens (including phenoxy) is 1. The maximum absolute atomic E-state index is 12.4. The number of phenols is 1. The molecule has 1 saturated heterocycles. The summed E-state index contributed by atoms with van der Waals surface area (Å²) in [5, 5.41) is 14.4. The van der Waals surface area contributed by atoms with E-state index in [1.54, 1.807) is 24.3 Å². The van der Waals surface area contributed by atoms with Crippen molar-refractivity contribution < 1.29 is 18.3 Å². The number of phenolic OH excluding ortho intramolecular Hbond substituents is 1. The minimum atomic E-state index is -3.48. The molecule has 3 rings (SSSR count). The molecule has 2 aromatic rings. The summed E-state index contributed by atoms with van der Waals surface area (Å²) in [6, 6.07) is 11.4. The normalized spacial score (nSPS) is 16.0. The van der Waals surface area contributed by atoms with E-state index in [2.05, 4.69) is 5.32 Å². The van der Waals surface area contributed by atoms with Crippen LogP contribution >= 0.6 is 0 Å². The van der Waals surface area contributed by atoms with Gasteiger partial charge >= 0.3 is 0 Å². The van der Waals surface area contributed by atoms with Crippen LogP contribution in [0.5, 0.6) is 17.2 Å². The molecule has 1 heterocycles. The van der Waals surface area contributed by atoms with Crippen LogP contribution < -0.4 is 10.1 Å². The largest absolute Gasteiger partial charge is 0.504 e. The molecule has 0 bridgehead atoms. The Balaban J connectivity index is 1.77. The molecule has 0 aromatic heterocycles. The van der Waals surface area contributed by atoms with E-state index in [1.807, 2.05) is 13.0 Å². The fraction of sp³-hybridized carbons (Fsp3) is 0.263. The van der Waals surface area contributed by atoms with E-state index in [1.165, 1.54) is 17.5 Å². The molecule has 0 amide bonds. The Morgan fingerprint density at radius 1 is 1.20 bits per heavy atom. The summed E-state index contributed by atoms with van der Waals surface area (Å²) in [5.41, 5.74) is 1.76. The Bertz CT molecular complexity index is 878. The summed E-state index contributed by atoms with van der Waals surface area (Å²) < 4.78 is 30.4. The Labute approximate surface area is 147 Å². The second kappa shape index (κ2) is 7.19. The van der Waals surface area contributed by atoms with Crippen molar-refractivity contribution in [2.45, 2.75) is 31.1 Å². The van der Waals surface area contributed by atoms with Gasteiger partial charge in [-0.1, -0.05) is 13.0 Å². The highest BCUT2D eigenvalue weighted by atomic mass is 32.2. The van der Waals surface area contributed by atoms with Gasteiger partial charge < -0.3 is 15.2 Å². The number of sulfone groups is 1. The monoisotopic (exact) mass is 359 g/mol. The van der Waals surface area contributed by atoms with Crippen LogP contribution in [0.25, 0.3) is 0 Å². The van der Waals surface area contributed by atoms with Crippen LogP contribution in [0.1, 0.15) is 25.3 Å². The maximum atomic E-state index is 12.4. The molecule has 1 fully saturated rings. The fourth-order valence-corrected chi connectivity index (χ4v) is 3.89. The van der Waals surface area contributed by atoms with E-state index in [0.29, 0.717) is 11.5 Å². The molecule has 0 unspecified atom stereocenters. The topological polar surface area (TPSA) is 75.6 Å². The summed E-state index contributed by atoms with van der Waals surface area (Å²) in [7, 11) is -3.48. The molecule has 1 aliphatic heterocycles. The number of benzene rings is 2. The van der Waals surface area contributed by atoms with Gasteiger partial charge in [-0.05, 0) is 61.2 Å². The summed E-state index contributed by atoms with van der Waals surface area (Å²) in [4.78, 5) is 0.214. The number of nitrogens with one attached hydrogen (secondary N) is 1. The molecule has 25 heavy (non-hydrogen) atoms. The van der Waals surface area contributed by atoms with Gasteiger partial charge in [0.1, 0.15) is 5.75 Å². The Morgan fingerprint density at radius 2 is 1.96 bits per heavy atom. The quantitative estimate of drug-likeness (QED) is 0.850. The van der Waals surface area contributed by atoms with Crippen molar-refractivity contribution in [1.82, 2.24) is 5.32 Å². The fourth-order valence-electron chi connectivity index (χ4n) is 2.67. The predicted molar refractivity (Wildman–Crippen MR) is 96.5 cm³/mol. The van der Waals surface area contributed by atoms with Crippen LogP contribution in [0.15, 0.2) is 58.5 Å². The van der Waals surface area contributed by atoms with E-state index in [9.17, 15) is 13.5 Å². The molecular weight excluding hydrogens is 338 g/mol. The lowest BCUT2D eigenvalue weighted by atomic mass is 10.1. The van der Waals surface area contributed by atoms with Crippen molar-refractivity contribution in [2.75, 3.05) is 6.54 Å². The van der Waals surface area contributed by atoms with E-state index >= 15 is 0 Å². The van der Waals surface area contributed by atoms with Gasteiger partial charge in [-0.2, -0.15) is 0 Å². The average Bonchev–Trinajstić information content (AvgIpc) is 3.09. The SMILES string of the molecule is CCc1ccc(Oc2ccc(S(=O)(=O)C=C3CCCN3)cc2)c(O)c1. The molecule has 6 heteroatoms. The highest BCUT2D eigenvalue weighted by molar-refractivity contribution is 7.94. The summed E-state index contributed by atoms with van der Waals surface area (Å²) in [5.74, 6) is 0.864. The predicted octanol–water partition coefficient (Wildman–Crippen LogP) is 3.75. The molecular formula is C19H21NO4S. The molecule has 0 saturated carbocycles. The molecule has 1 aliphatic rings. The lowest BCUT2D eigenvalue weighted by Crippen LogP contribution is -2.06. The lowest BCUT2D eigenvalue weighted by Gasteiger charge is -2.09. The zero-order valence-electron chi connectivity index (χ0n) is 14.0. The Morgan fingerprint density at radius 3 is 2.56 bits per heavy atom. The van der Waals surface area contributed by atoms with E-state index in [0.717, 1.165) is 37.1 Å². The van der Waals surface area contributed by atoms with Gasteiger partial charge in [-0.25, -0.2) is 8.42 Å². The Hall–Kier alpha value is -2.47. The minimum absolute atomic E-state index is 0.0630. The highest BCUT2D eigenvalue weighted by Gasteiger charge is 2.15. The van der Waals surface area contributed by atoms with Crippen LogP contribution in [-0.4, -0.2) is 20.1 Å². The van der Waals surface area contributed by atoms with Crippen molar-refractivity contribution in [2.24, 2.45) is 0 Å². The minimum Gasteiger partial charge on any atom is -0.504 e. The van der Waals surface area contributed by atoms with Crippen molar-refractivity contribution in [1.29, 1.82) is 0 Å². The standard InChI is InChI=1S/C19H21NO4S/c1-2-14-5-10-19(18(21)12-14)24-16-6-8-17(9-7-16)25(22,23)13-15-4-3-11-20-15/h5-10,12-13,20-21H,2-4,11H2,1H3. The summed E-state index contributed by atoms with van der Waals surface area (Å²) in [6.07, 6.45) is 2.53. The van der Waals surface area contributed by atoms with Crippen molar-refractivity contribution >= 4 is 9.84 Å². The number of aryl methyl sites for hydroxylation is 1. The van der Waals surface area contributed by atoms with Crippen molar-refractivity contribution in [3.05, 3.63) is 59.1 Å². The zero-order valence-corrected chi connectivity index (χ0v) is 14.8. The summed E-state index contributed by atoms with van der Waals surface area (Å²) >= 11 is 0. The van der Waals surface area contributed by atoms with Crippen LogP contribution in [0.3, 0.4) is 0 Å². The molecule has 132 valence electrons. The smallest absolute Gasteiger partial charge is 0.201 e. The van der Waals surface area contributed by atoms with Gasteiger partial charge in [0.25, 0.3) is 0 Å². The third kappa shape index (κ3) is 4.14. The van der Waals surface area contributed by atoms with Gasteiger partial charge in [-0.3, -0.25) is 0 Å². The first-order valence-electron chi connectivity index (χ1n) is 8.27. The highest BCUT2D eigenvalue weighted by Crippen LogP contribution is 2.32. The lowest BCUT2D eigenvalue weighted by molar-refractivity contribution is 0.410. The number of rotatable bonds is 5. The van der Waals surface area contributed by atoms with Crippen LogP contribution in [0.2, 0.25) is 0 Å². The number of hydrogen-bond acceptors (Lipinski definition) is 5. The van der Waals surface area contributed by atoms with Crippen molar-refractivity contribution in [3.8, 4) is 17.2 Å². The molecule has 2 aromatic carbocycles. The molecule has 0 spiro atoms. The third-order valence-electron chi connectivity index (χ3n) is 4.08. The number of allylic oxidation sites excluding steroid dienone is 1. The van der Waals surface area contributed by atoms with Crippen LogP contribution in [-0.2, 0) is 16.3 Å². The van der Waals surface area contributed by atoms with Crippen molar-refractivity contribution in [3.63, 3.8) is 0 Å². The Kier molecular flexibility index (Phi) is 4.99. The van der Waals surface area contributed by atoms with E-state index in [4.69, 9.17) is 4.74 Å². The number of aromatic hydroxyl groups is 1. The van der Waals surface area contributed by atoms with Gasteiger partial charge in [-0.15, -0.1) is 0 Å². The first-order chi connectivity index (χ1) is 12.0. The van der Waals surface area contributed by atoms with E-state index in [-0.39, 0.29) is 10.6 Å². The van der Waals surface area contributed by atoms with Crippen LogP contribution in [0, 0.1) is 0 Å². The van der Waals surface area contributed by atoms with Gasteiger partial charge in [0.2, 0.25) is 9.84 Å². The van der Waals surface area contributed by atoms with Crippen LogP contribution in [0.4, 0.5) is 0 Å². The third-order valence-corrected chi connectivity index (χ3v) is 5.61. The molecule has 0 aliphatic carbocycles. The van der Waals surface area contributed by atoms with Gasteiger partial charge in [0, 0.05) is 12.2 Å². The first-order valence-corrected chi connectivity index (χ1v) is 9.82. The summed E-state index contributed by atoms with van der Waals surface area (Å²) in [6.45, 7) is 2.82. The molecule has 0 atom stereocenters. The second-order valence-corrected chi connectivity index (χ2v) is 7.74. The second-order valence-electron chi connectivity index (χ2n) is 5.95. The first kappa shape index (κ1) is 17.4. The molecule has 2 N–H and O–H groups in total. The van der Waals surface area contributed by atoms with Gasteiger partial charge in [0.05, 0.1) is 10.3 Å².